The highest BCUT2D eigenvalue weighted by molar-refractivity contribution is 5.89. The Hall–Kier alpha value is -1.16. The van der Waals surface area contributed by atoms with Gasteiger partial charge in [-0.05, 0) is 31.4 Å². The van der Waals surface area contributed by atoms with Gasteiger partial charge in [-0.1, -0.05) is 45.4 Å². The number of allylic oxidation sites excluding steroid dienone is 1. The lowest BCUT2D eigenvalue weighted by Crippen LogP contribution is -1.99. The highest BCUT2D eigenvalue weighted by Gasteiger charge is 2.35. The zero-order valence-corrected chi connectivity index (χ0v) is 14.7. The molecule has 4 heteroatoms. The van der Waals surface area contributed by atoms with Crippen molar-refractivity contribution in [1.82, 2.24) is 0 Å². The van der Waals surface area contributed by atoms with E-state index >= 15 is 0 Å². The first-order chi connectivity index (χ1) is 11.2. The summed E-state index contributed by atoms with van der Waals surface area (Å²) in [4.78, 5) is 22.7. The molecular formula is C19H32O4. The van der Waals surface area contributed by atoms with E-state index in [1.54, 1.807) is 6.08 Å². The fourth-order valence-corrected chi connectivity index (χ4v) is 2.64. The zero-order chi connectivity index (χ0) is 16.9. The molecule has 0 aromatic rings. The van der Waals surface area contributed by atoms with Crippen LogP contribution in [0.4, 0.5) is 0 Å². The Labute approximate surface area is 140 Å². The van der Waals surface area contributed by atoms with Crippen LogP contribution in [-0.2, 0) is 19.1 Å². The van der Waals surface area contributed by atoms with Gasteiger partial charge in [-0.15, -0.1) is 0 Å². The third-order valence-corrected chi connectivity index (χ3v) is 4.22. The summed E-state index contributed by atoms with van der Waals surface area (Å²) < 4.78 is 10.1. The van der Waals surface area contributed by atoms with Crippen LogP contribution in [0.15, 0.2) is 12.2 Å². The minimum atomic E-state index is -0.138. The number of methoxy groups -OCH3 is 1. The minimum absolute atomic E-state index is 0.138. The molecule has 1 rings (SSSR count). The van der Waals surface area contributed by atoms with Gasteiger partial charge in [-0.25, -0.2) is 0 Å². The summed E-state index contributed by atoms with van der Waals surface area (Å²) in [6.07, 6.45) is 15.0. The van der Waals surface area contributed by atoms with Gasteiger partial charge >= 0.3 is 5.97 Å². The molecule has 0 unspecified atom stereocenters. The second kappa shape index (κ2) is 12.3. The Bertz CT molecular complexity index is 376. The molecule has 0 aromatic carbocycles. The molecule has 23 heavy (non-hydrogen) atoms. The summed E-state index contributed by atoms with van der Waals surface area (Å²) in [5.74, 6) is 0.0583. The molecule has 0 amide bonds. The van der Waals surface area contributed by atoms with E-state index in [2.05, 4.69) is 11.7 Å². The van der Waals surface area contributed by atoms with Gasteiger partial charge in [-0.3, -0.25) is 9.59 Å². The molecular weight excluding hydrogens is 292 g/mol. The van der Waals surface area contributed by atoms with Gasteiger partial charge in [-0.2, -0.15) is 0 Å². The molecule has 0 aromatic heterocycles. The van der Waals surface area contributed by atoms with Crippen LogP contribution in [0.5, 0.6) is 0 Å². The number of ketones is 1. The zero-order valence-electron chi connectivity index (χ0n) is 14.7. The molecule has 0 radical (unpaired) electrons. The molecule has 2 atom stereocenters. The van der Waals surface area contributed by atoms with Gasteiger partial charge in [0.1, 0.15) is 6.10 Å². The van der Waals surface area contributed by atoms with Crippen molar-refractivity contribution in [2.75, 3.05) is 7.11 Å². The Morgan fingerprint density at radius 1 is 1.00 bits per heavy atom. The summed E-state index contributed by atoms with van der Waals surface area (Å²) >= 11 is 0. The molecule has 132 valence electrons. The van der Waals surface area contributed by atoms with E-state index in [1.165, 1.54) is 26.4 Å². The van der Waals surface area contributed by atoms with Gasteiger partial charge in [0.05, 0.1) is 13.2 Å². The summed E-state index contributed by atoms with van der Waals surface area (Å²) in [5.41, 5.74) is 0. The number of hydrogen-bond donors (Lipinski definition) is 0. The van der Waals surface area contributed by atoms with Crippen molar-refractivity contribution in [3.05, 3.63) is 12.2 Å². The van der Waals surface area contributed by atoms with E-state index < -0.39 is 0 Å². The van der Waals surface area contributed by atoms with Gasteiger partial charge in [0, 0.05) is 12.8 Å². The second-order valence-corrected chi connectivity index (χ2v) is 6.30. The lowest BCUT2D eigenvalue weighted by atomic mass is 10.1. The quantitative estimate of drug-likeness (QED) is 0.206. The molecule has 1 saturated heterocycles. The first-order valence-corrected chi connectivity index (χ1v) is 9.10. The lowest BCUT2D eigenvalue weighted by Gasteiger charge is -2.00. The van der Waals surface area contributed by atoms with Gasteiger partial charge in [0.15, 0.2) is 5.78 Å². The van der Waals surface area contributed by atoms with Crippen LogP contribution in [-0.4, -0.2) is 31.1 Å². The van der Waals surface area contributed by atoms with Crippen LogP contribution in [0.2, 0.25) is 0 Å². The minimum Gasteiger partial charge on any atom is -0.469 e. The van der Waals surface area contributed by atoms with Crippen molar-refractivity contribution in [3.8, 4) is 0 Å². The maximum absolute atomic E-state index is 11.8. The van der Waals surface area contributed by atoms with Crippen molar-refractivity contribution in [3.63, 3.8) is 0 Å². The van der Waals surface area contributed by atoms with Gasteiger partial charge in [0.2, 0.25) is 0 Å². The Balaban J connectivity index is 1.93. The highest BCUT2D eigenvalue weighted by Crippen LogP contribution is 2.28. The highest BCUT2D eigenvalue weighted by atomic mass is 16.6. The lowest BCUT2D eigenvalue weighted by molar-refractivity contribution is -0.140. The first-order valence-electron chi connectivity index (χ1n) is 9.10. The third-order valence-electron chi connectivity index (χ3n) is 4.22. The van der Waals surface area contributed by atoms with Crippen LogP contribution in [0.1, 0.15) is 77.6 Å². The predicted octanol–water partition coefficient (Wildman–Crippen LogP) is 4.36. The maximum Gasteiger partial charge on any atom is 0.305 e. The smallest absolute Gasteiger partial charge is 0.305 e. The maximum atomic E-state index is 11.8. The first kappa shape index (κ1) is 19.9. The number of esters is 1. The molecule has 1 heterocycles. The molecule has 4 nitrogen and oxygen atoms in total. The van der Waals surface area contributed by atoms with E-state index in [9.17, 15) is 9.59 Å². The van der Waals surface area contributed by atoms with Crippen LogP contribution < -0.4 is 0 Å². The number of ether oxygens (including phenoxy) is 2. The van der Waals surface area contributed by atoms with Crippen molar-refractivity contribution >= 4 is 11.8 Å². The van der Waals surface area contributed by atoms with E-state index in [4.69, 9.17) is 4.74 Å². The van der Waals surface area contributed by atoms with Crippen LogP contribution >= 0.6 is 0 Å². The normalized spacial score (nSPS) is 19.9. The average molecular weight is 324 g/mol. The molecule has 0 aliphatic carbocycles. The molecule has 0 bridgehead atoms. The Kier molecular flexibility index (Phi) is 10.6. The number of unbranched alkanes of at least 4 members (excludes halogenated alkanes) is 6. The van der Waals surface area contributed by atoms with E-state index in [-0.39, 0.29) is 17.9 Å². The molecule has 1 fully saturated rings. The summed E-state index contributed by atoms with van der Waals surface area (Å²) in [6.45, 7) is 2.20. The monoisotopic (exact) mass is 324 g/mol. The largest absolute Gasteiger partial charge is 0.469 e. The standard InChI is InChI=1S/C19H32O4/c1-3-4-8-12-17-18(23-17)15-14-16(20)11-9-6-5-7-10-13-19(21)22-2/h14-15,17-18H,3-13H2,1-2H3/b15-14+/t17-,18-/m1/s1. The van der Waals surface area contributed by atoms with Crippen LogP contribution in [0, 0.1) is 0 Å². The summed E-state index contributed by atoms with van der Waals surface area (Å²) in [7, 11) is 1.42. The third kappa shape index (κ3) is 10.3. The Morgan fingerprint density at radius 2 is 1.70 bits per heavy atom. The topological polar surface area (TPSA) is 55.9 Å². The van der Waals surface area contributed by atoms with E-state index in [0.29, 0.717) is 18.9 Å². The number of carbonyl (C=O) groups excluding carboxylic acids is 2. The fourth-order valence-electron chi connectivity index (χ4n) is 2.64. The number of carbonyl (C=O) groups is 2. The second-order valence-electron chi connectivity index (χ2n) is 6.30. The molecule has 0 saturated carbocycles. The molecule has 0 spiro atoms. The van der Waals surface area contributed by atoms with Crippen molar-refractivity contribution in [1.29, 1.82) is 0 Å². The van der Waals surface area contributed by atoms with Crippen molar-refractivity contribution in [2.24, 2.45) is 0 Å². The fraction of sp³-hybridized carbons (Fsp3) is 0.789. The predicted molar refractivity (Wildman–Crippen MR) is 91.3 cm³/mol. The number of hydrogen-bond acceptors (Lipinski definition) is 4. The number of epoxide rings is 1. The van der Waals surface area contributed by atoms with Gasteiger partial charge < -0.3 is 9.47 Å². The number of rotatable bonds is 14. The SMILES string of the molecule is CCCCC[C@H]1O[C@@H]1/C=C/C(=O)CCCCCCCC(=O)OC. The van der Waals surface area contributed by atoms with Gasteiger partial charge in [0.25, 0.3) is 0 Å². The Morgan fingerprint density at radius 3 is 2.39 bits per heavy atom. The van der Waals surface area contributed by atoms with E-state index in [0.717, 1.165) is 38.5 Å². The van der Waals surface area contributed by atoms with Crippen LogP contribution in [0.3, 0.4) is 0 Å². The van der Waals surface area contributed by atoms with Crippen LogP contribution in [0.25, 0.3) is 0 Å². The molecule has 0 N–H and O–H groups in total. The summed E-state index contributed by atoms with van der Waals surface area (Å²) in [5, 5.41) is 0. The summed E-state index contributed by atoms with van der Waals surface area (Å²) in [6, 6.07) is 0. The average Bonchev–Trinajstić information content (AvgIpc) is 3.30. The van der Waals surface area contributed by atoms with Crippen molar-refractivity contribution in [2.45, 2.75) is 89.8 Å². The molecule has 1 aliphatic heterocycles. The molecule has 1 aliphatic rings. The van der Waals surface area contributed by atoms with E-state index in [1.807, 2.05) is 6.08 Å². The van der Waals surface area contributed by atoms with Crippen molar-refractivity contribution < 1.29 is 19.1 Å².